The van der Waals surface area contributed by atoms with E-state index >= 15 is 0 Å². The van der Waals surface area contributed by atoms with Crippen LogP contribution in [0.5, 0.6) is 0 Å². The fourth-order valence-electron chi connectivity index (χ4n) is 3.58. The lowest BCUT2D eigenvalue weighted by Crippen LogP contribution is -2.58. The number of carbonyl (C=O) groups excluding carboxylic acids is 3. The first kappa shape index (κ1) is 23.0. The van der Waals surface area contributed by atoms with Crippen molar-refractivity contribution in [3.05, 3.63) is 102 Å². The number of nitrogens with zero attached hydrogens (tertiary/aromatic N) is 2. The van der Waals surface area contributed by atoms with E-state index in [4.69, 9.17) is 12.2 Å². The SMILES string of the molecule is O=C1NC(=S)N(c2ccccc2)C(=O)[C@@H]1/C=N\NC(=O)C(O)(c1ccccc1)c1ccccc1. The summed E-state index contributed by atoms with van der Waals surface area (Å²) < 4.78 is 0. The van der Waals surface area contributed by atoms with Crippen molar-refractivity contribution >= 4 is 47.0 Å². The minimum absolute atomic E-state index is 0.0441. The van der Waals surface area contributed by atoms with E-state index in [1.807, 2.05) is 0 Å². The van der Waals surface area contributed by atoms with Gasteiger partial charge in [-0.25, -0.2) is 5.43 Å². The Balaban J connectivity index is 1.57. The van der Waals surface area contributed by atoms with Crippen molar-refractivity contribution in [2.75, 3.05) is 4.90 Å². The molecule has 1 fully saturated rings. The van der Waals surface area contributed by atoms with Crippen LogP contribution in [-0.4, -0.2) is 34.2 Å². The highest BCUT2D eigenvalue weighted by molar-refractivity contribution is 7.80. The van der Waals surface area contributed by atoms with Gasteiger partial charge in [0.2, 0.25) is 5.91 Å². The topological polar surface area (TPSA) is 111 Å². The maximum Gasteiger partial charge on any atom is 0.281 e. The first-order chi connectivity index (χ1) is 16.4. The second-order valence-electron chi connectivity index (χ2n) is 7.44. The molecule has 0 aliphatic carbocycles. The molecule has 4 rings (SSSR count). The molecule has 3 amide bonds. The molecule has 170 valence electrons. The number of para-hydroxylation sites is 1. The quantitative estimate of drug-likeness (QED) is 0.220. The molecule has 3 aromatic rings. The zero-order valence-electron chi connectivity index (χ0n) is 17.8. The minimum atomic E-state index is -2.05. The summed E-state index contributed by atoms with van der Waals surface area (Å²) in [6.07, 6.45) is 1.02. The van der Waals surface area contributed by atoms with E-state index in [-0.39, 0.29) is 5.11 Å². The summed E-state index contributed by atoms with van der Waals surface area (Å²) in [5.74, 6) is -3.45. The van der Waals surface area contributed by atoms with Gasteiger partial charge in [-0.1, -0.05) is 78.9 Å². The molecule has 1 saturated heterocycles. The Bertz CT molecular complexity index is 1210. The van der Waals surface area contributed by atoms with Crippen LogP contribution in [0.4, 0.5) is 5.69 Å². The molecule has 0 unspecified atom stereocenters. The maximum absolute atomic E-state index is 13.1. The number of carbonyl (C=O) groups is 3. The van der Waals surface area contributed by atoms with Gasteiger partial charge in [-0.2, -0.15) is 5.10 Å². The maximum atomic E-state index is 13.1. The molecule has 0 aromatic heterocycles. The van der Waals surface area contributed by atoms with Crippen molar-refractivity contribution in [2.45, 2.75) is 5.60 Å². The van der Waals surface area contributed by atoms with Gasteiger partial charge in [0.15, 0.2) is 16.6 Å². The third-order valence-corrected chi connectivity index (χ3v) is 5.60. The summed E-state index contributed by atoms with van der Waals surface area (Å²) >= 11 is 5.15. The standard InChI is InChI=1S/C25H20N4O4S/c30-21-20(22(31)29(24(34)27-21)19-14-8-3-9-15-19)16-26-28-23(32)25(33,17-10-4-1-5-11-17)18-12-6-2-7-13-18/h1-16,20,33H,(H,28,32)(H,27,30,34)/b26-16-/t20-/m1/s1. The second kappa shape index (κ2) is 9.74. The number of benzene rings is 3. The van der Waals surface area contributed by atoms with E-state index in [9.17, 15) is 19.5 Å². The van der Waals surface area contributed by atoms with Gasteiger partial charge in [-0.15, -0.1) is 0 Å². The summed E-state index contributed by atoms with van der Waals surface area (Å²) in [7, 11) is 0. The van der Waals surface area contributed by atoms with Crippen LogP contribution in [0.3, 0.4) is 0 Å². The zero-order valence-corrected chi connectivity index (χ0v) is 18.6. The molecule has 0 bridgehead atoms. The zero-order chi connectivity index (χ0) is 24.1. The van der Waals surface area contributed by atoms with E-state index in [0.717, 1.165) is 6.21 Å². The van der Waals surface area contributed by atoms with Crippen LogP contribution in [0.25, 0.3) is 0 Å². The monoisotopic (exact) mass is 472 g/mol. The fraction of sp³-hybridized carbons (Fsp3) is 0.0800. The Morgan fingerprint density at radius 1 is 0.941 bits per heavy atom. The fourth-order valence-corrected chi connectivity index (χ4v) is 3.88. The molecular weight excluding hydrogens is 452 g/mol. The van der Waals surface area contributed by atoms with Gasteiger partial charge in [0.05, 0.1) is 5.69 Å². The molecule has 0 saturated carbocycles. The molecule has 1 aliphatic heterocycles. The minimum Gasteiger partial charge on any atom is -0.372 e. The van der Waals surface area contributed by atoms with E-state index in [1.165, 1.54) is 4.90 Å². The highest BCUT2D eigenvalue weighted by Crippen LogP contribution is 2.30. The lowest BCUT2D eigenvalue weighted by Gasteiger charge is -2.31. The van der Waals surface area contributed by atoms with Crippen molar-refractivity contribution in [1.29, 1.82) is 0 Å². The van der Waals surface area contributed by atoms with Gasteiger partial charge in [0.1, 0.15) is 0 Å². The molecule has 3 N–H and O–H groups in total. The van der Waals surface area contributed by atoms with Gasteiger partial charge in [-0.3, -0.25) is 19.3 Å². The summed E-state index contributed by atoms with van der Waals surface area (Å²) in [6, 6.07) is 25.4. The number of nitrogens with one attached hydrogen (secondary N) is 2. The highest BCUT2D eigenvalue weighted by atomic mass is 32.1. The molecule has 1 aliphatic rings. The van der Waals surface area contributed by atoms with Crippen LogP contribution in [0.1, 0.15) is 11.1 Å². The summed E-state index contributed by atoms with van der Waals surface area (Å²) in [6.45, 7) is 0. The number of amides is 3. The van der Waals surface area contributed by atoms with Crippen LogP contribution in [-0.2, 0) is 20.0 Å². The number of anilines is 1. The average molecular weight is 473 g/mol. The third kappa shape index (κ3) is 4.34. The van der Waals surface area contributed by atoms with E-state index < -0.39 is 29.2 Å². The Morgan fingerprint density at radius 2 is 1.44 bits per heavy atom. The average Bonchev–Trinajstić information content (AvgIpc) is 2.87. The lowest BCUT2D eigenvalue weighted by molar-refractivity contribution is -0.137. The van der Waals surface area contributed by atoms with Crippen molar-refractivity contribution in [1.82, 2.24) is 10.7 Å². The van der Waals surface area contributed by atoms with Crippen molar-refractivity contribution in [2.24, 2.45) is 11.0 Å². The van der Waals surface area contributed by atoms with Crippen LogP contribution < -0.4 is 15.6 Å². The number of hydrazone groups is 1. The van der Waals surface area contributed by atoms with Crippen molar-refractivity contribution in [3.8, 4) is 0 Å². The van der Waals surface area contributed by atoms with E-state index in [0.29, 0.717) is 16.8 Å². The Morgan fingerprint density at radius 3 is 1.97 bits per heavy atom. The molecule has 0 radical (unpaired) electrons. The predicted octanol–water partition coefficient (Wildman–Crippen LogP) is 2.09. The molecule has 0 spiro atoms. The number of aliphatic hydroxyl groups is 1. The summed E-state index contributed by atoms with van der Waals surface area (Å²) in [4.78, 5) is 39.7. The molecule has 3 aromatic carbocycles. The normalized spacial score (nSPS) is 16.4. The first-order valence-electron chi connectivity index (χ1n) is 10.3. The molecule has 9 heteroatoms. The van der Waals surface area contributed by atoms with Gasteiger partial charge >= 0.3 is 0 Å². The van der Waals surface area contributed by atoms with E-state index in [2.05, 4.69) is 15.8 Å². The Kier molecular flexibility index (Phi) is 6.58. The largest absolute Gasteiger partial charge is 0.372 e. The molecule has 34 heavy (non-hydrogen) atoms. The molecule has 1 heterocycles. The van der Waals surface area contributed by atoms with Crippen molar-refractivity contribution in [3.63, 3.8) is 0 Å². The number of thiocarbonyl (C=S) groups is 1. The van der Waals surface area contributed by atoms with E-state index in [1.54, 1.807) is 91.0 Å². The second-order valence-corrected chi connectivity index (χ2v) is 7.83. The van der Waals surface area contributed by atoms with Crippen LogP contribution >= 0.6 is 12.2 Å². The summed E-state index contributed by atoms with van der Waals surface area (Å²) in [5.41, 5.74) is 1.38. The number of hydrogen-bond acceptors (Lipinski definition) is 6. The highest BCUT2D eigenvalue weighted by Gasteiger charge is 2.41. The van der Waals surface area contributed by atoms with Crippen LogP contribution in [0, 0.1) is 5.92 Å². The van der Waals surface area contributed by atoms with Gasteiger partial charge in [0, 0.05) is 6.21 Å². The number of hydrogen-bond donors (Lipinski definition) is 3. The van der Waals surface area contributed by atoms with Gasteiger partial charge in [-0.05, 0) is 35.5 Å². The molecular formula is C25H20N4O4S. The van der Waals surface area contributed by atoms with Gasteiger partial charge in [0.25, 0.3) is 11.8 Å². The summed E-state index contributed by atoms with van der Waals surface area (Å²) in [5, 5.41) is 17.7. The van der Waals surface area contributed by atoms with Crippen molar-refractivity contribution < 1.29 is 19.5 Å². The predicted molar refractivity (Wildman–Crippen MR) is 131 cm³/mol. The molecule has 8 nitrogen and oxygen atoms in total. The molecule has 1 atom stereocenters. The smallest absolute Gasteiger partial charge is 0.281 e. The Labute approximate surface area is 200 Å². The van der Waals surface area contributed by atoms with Crippen LogP contribution in [0.15, 0.2) is 96.1 Å². The van der Waals surface area contributed by atoms with Gasteiger partial charge < -0.3 is 10.4 Å². The number of rotatable bonds is 6. The Hall–Kier alpha value is -4.21. The first-order valence-corrected chi connectivity index (χ1v) is 10.7. The lowest BCUT2D eigenvalue weighted by atomic mass is 9.85. The third-order valence-electron chi connectivity index (χ3n) is 5.32. The van der Waals surface area contributed by atoms with Crippen LogP contribution in [0.2, 0.25) is 0 Å².